The lowest BCUT2D eigenvalue weighted by Crippen LogP contribution is -2.43. The summed E-state index contributed by atoms with van der Waals surface area (Å²) in [6.45, 7) is 9.41. The number of nitrogens with zero attached hydrogens (tertiary/aromatic N) is 3. The first kappa shape index (κ1) is 15.7. The molecule has 1 N–H and O–H groups in total. The average Bonchev–Trinajstić information content (AvgIpc) is 2.88. The van der Waals surface area contributed by atoms with Crippen LogP contribution in [-0.2, 0) is 9.53 Å². The van der Waals surface area contributed by atoms with Gasteiger partial charge in [-0.3, -0.25) is 4.79 Å². The van der Waals surface area contributed by atoms with Gasteiger partial charge in [0, 0.05) is 24.2 Å². The third-order valence-electron chi connectivity index (χ3n) is 3.78. The van der Waals surface area contributed by atoms with Crippen molar-refractivity contribution in [2.45, 2.75) is 39.7 Å². The monoisotopic (exact) mass is 293 g/mol. The van der Waals surface area contributed by atoms with Crippen LogP contribution in [0.2, 0.25) is 0 Å². The summed E-state index contributed by atoms with van der Waals surface area (Å²) in [7, 11) is 0. The predicted molar refractivity (Wildman–Crippen MR) is 79.6 cm³/mol. The summed E-state index contributed by atoms with van der Waals surface area (Å²) < 4.78 is 5.38. The van der Waals surface area contributed by atoms with Gasteiger partial charge in [-0.15, -0.1) is 0 Å². The fourth-order valence-electron chi connectivity index (χ4n) is 2.63. The van der Waals surface area contributed by atoms with E-state index in [-0.39, 0.29) is 18.6 Å². The van der Waals surface area contributed by atoms with Crippen molar-refractivity contribution in [1.29, 1.82) is 0 Å². The maximum Gasteiger partial charge on any atom is 0.311 e. The largest absolute Gasteiger partial charge is 0.481 e. The first-order valence-corrected chi connectivity index (χ1v) is 7.36. The molecule has 2 rings (SSSR count). The Hall–Kier alpha value is -1.69. The van der Waals surface area contributed by atoms with E-state index in [9.17, 15) is 9.90 Å². The van der Waals surface area contributed by atoms with Crippen LogP contribution in [0.15, 0.2) is 6.07 Å². The van der Waals surface area contributed by atoms with E-state index in [0.29, 0.717) is 13.2 Å². The van der Waals surface area contributed by atoms with Gasteiger partial charge in [0.15, 0.2) is 0 Å². The lowest BCUT2D eigenvalue weighted by molar-refractivity contribution is -0.141. The van der Waals surface area contributed by atoms with Crippen LogP contribution >= 0.6 is 0 Å². The average molecular weight is 293 g/mol. The predicted octanol–water partition coefficient (Wildman–Crippen LogP) is 1.83. The highest BCUT2D eigenvalue weighted by Gasteiger charge is 2.38. The van der Waals surface area contributed by atoms with Gasteiger partial charge in [-0.25, -0.2) is 9.97 Å². The van der Waals surface area contributed by atoms with Crippen LogP contribution < -0.4 is 4.90 Å². The van der Waals surface area contributed by atoms with Gasteiger partial charge in [-0.05, 0) is 13.8 Å². The summed E-state index contributed by atoms with van der Waals surface area (Å²) in [5.41, 5.74) is 0.896. The number of anilines is 1. The van der Waals surface area contributed by atoms with Crippen LogP contribution in [0.4, 0.5) is 5.82 Å². The fourth-order valence-corrected chi connectivity index (χ4v) is 2.63. The lowest BCUT2D eigenvalue weighted by Gasteiger charge is -2.30. The smallest absolute Gasteiger partial charge is 0.311 e. The third kappa shape index (κ3) is 3.32. The van der Waals surface area contributed by atoms with Crippen LogP contribution in [0, 0.1) is 12.8 Å². The van der Waals surface area contributed by atoms with Crippen LogP contribution in [0.25, 0.3) is 0 Å². The normalized spacial score (nSPS) is 21.8. The van der Waals surface area contributed by atoms with E-state index in [1.165, 1.54) is 0 Å². The van der Waals surface area contributed by atoms with Crippen molar-refractivity contribution in [1.82, 2.24) is 9.97 Å². The molecule has 0 saturated carbocycles. The van der Waals surface area contributed by atoms with E-state index in [1.54, 1.807) is 0 Å². The highest BCUT2D eigenvalue weighted by molar-refractivity contribution is 5.72. The Morgan fingerprint density at radius 2 is 2.19 bits per heavy atom. The third-order valence-corrected chi connectivity index (χ3v) is 3.78. The summed E-state index contributed by atoms with van der Waals surface area (Å²) in [5.74, 6) is 0.482. The van der Waals surface area contributed by atoms with Crippen molar-refractivity contribution in [3.05, 3.63) is 17.6 Å². The number of aryl methyl sites for hydroxylation is 1. The van der Waals surface area contributed by atoms with Crippen LogP contribution in [-0.4, -0.2) is 46.8 Å². The second-order valence-corrected chi connectivity index (χ2v) is 5.72. The Balaban J connectivity index is 2.35. The minimum absolute atomic E-state index is 0.179. The van der Waals surface area contributed by atoms with Gasteiger partial charge in [0.1, 0.15) is 17.6 Å². The Morgan fingerprint density at radius 1 is 1.48 bits per heavy atom. The van der Waals surface area contributed by atoms with E-state index in [2.05, 4.69) is 9.97 Å². The topological polar surface area (TPSA) is 75.5 Å². The van der Waals surface area contributed by atoms with Crippen molar-refractivity contribution in [3.8, 4) is 0 Å². The zero-order valence-electron chi connectivity index (χ0n) is 13.0. The SMILES string of the molecule is CCN(c1cc(C)nc(C(C)C)n1)C1COCC1C(=O)O. The standard InChI is InChI=1S/C15H23N3O3/c1-5-18(12-8-21-7-11(12)15(19)20)13-6-10(4)16-14(17-13)9(2)3/h6,9,11-12H,5,7-8H2,1-4H3,(H,19,20). The molecule has 2 atom stereocenters. The Bertz CT molecular complexity index is 519. The van der Waals surface area contributed by atoms with E-state index in [4.69, 9.17) is 4.74 Å². The number of ether oxygens (including phenoxy) is 1. The fraction of sp³-hybridized carbons (Fsp3) is 0.667. The van der Waals surface area contributed by atoms with E-state index < -0.39 is 11.9 Å². The number of hydrogen-bond donors (Lipinski definition) is 1. The molecule has 21 heavy (non-hydrogen) atoms. The van der Waals surface area contributed by atoms with Gasteiger partial charge < -0.3 is 14.7 Å². The second-order valence-electron chi connectivity index (χ2n) is 5.72. The van der Waals surface area contributed by atoms with Crippen molar-refractivity contribution >= 4 is 11.8 Å². The van der Waals surface area contributed by atoms with Gasteiger partial charge in [0.05, 0.1) is 19.3 Å². The number of carboxylic acid groups (broad SMARTS) is 1. The Morgan fingerprint density at radius 3 is 2.76 bits per heavy atom. The van der Waals surface area contributed by atoms with Crippen LogP contribution in [0.5, 0.6) is 0 Å². The number of aromatic nitrogens is 2. The molecule has 0 amide bonds. The first-order chi connectivity index (χ1) is 9.93. The van der Waals surface area contributed by atoms with Gasteiger partial charge >= 0.3 is 5.97 Å². The van der Waals surface area contributed by atoms with Crippen molar-refractivity contribution in [2.75, 3.05) is 24.7 Å². The number of rotatable bonds is 5. The number of likely N-dealkylation sites (N-methyl/N-ethyl adjacent to an activating group) is 1. The maximum atomic E-state index is 11.4. The molecule has 0 bridgehead atoms. The zero-order valence-corrected chi connectivity index (χ0v) is 13.0. The summed E-state index contributed by atoms with van der Waals surface area (Å²) >= 11 is 0. The molecule has 1 saturated heterocycles. The van der Waals surface area contributed by atoms with Crippen LogP contribution in [0.3, 0.4) is 0 Å². The number of aliphatic carboxylic acids is 1. The van der Waals surface area contributed by atoms with Crippen LogP contribution in [0.1, 0.15) is 38.2 Å². The van der Waals surface area contributed by atoms with Crippen molar-refractivity contribution < 1.29 is 14.6 Å². The molecule has 0 aromatic carbocycles. The molecule has 6 nitrogen and oxygen atoms in total. The minimum atomic E-state index is -0.814. The molecule has 1 aliphatic heterocycles. The van der Waals surface area contributed by atoms with Crippen molar-refractivity contribution in [3.63, 3.8) is 0 Å². The molecule has 2 heterocycles. The molecule has 1 aromatic heterocycles. The quantitative estimate of drug-likeness (QED) is 0.892. The molecular formula is C15H23N3O3. The van der Waals surface area contributed by atoms with Crippen molar-refractivity contribution in [2.24, 2.45) is 5.92 Å². The molecular weight excluding hydrogens is 270 g/mol. The molecule has 6 heteroatoms. The van der Waals surface area contributed by atoms with E-state index >= 15 is 0 Å². The molecule has 0 spiro atoms. The van der Waals surface area contributed by atoms with Gasteiger partial charge in [-0.2, -0.15) is 0 Å². The van der Waals surface area contributed by atoms with Gasteiger partial charge in [0.25, 0.3) is 0 Å². The highest BCUT2D eigenvalue weighted by Crippen LogP contribution is 2.26. The van der Waals surface area contributed by atoms with Gasteiger partial charge in [-0.1, -0.05) is 13.8 Å². The molecule has 1 aliphatic rings. The zero-order chi connectivity index (χ0) is 15.6. The van der Waals surface area contributed by atoms with E-state index in [0.717, 1.165) is 17.3 Å². The molecule has 1 fully saturated rings. The second kappa shape index (κ2) is 6.39. The number of carboxylic acids is 1. The molecule has 0 radical (unpaired) electrons. The molecule has 116 valence electrons. The highest BCUT2D eigenvalue weighted by atomic mass is 16.5. The molecule has 0 aliphatic carbocycles. The summed E-state index contributed by atoms with van der Waals surface area (Å²) in [6, 6.07) is 1.73. The summed E-state index contributed by atoms with van der Waals surface area (Å²) in [5, 5.41) is 9.33. The van der Waals surface area contributed by atoms with E-state index in [1.807, 2.05) is 38.7 Å². The minimum Gasteiger partial charge on any atom is -0.481 e. The first-order valence-electron chi connectivity index (χ1n) is 7.36. The van der Waals surface area contributed by atoms with Gasteiger partial charge in [0.2, 0.25) is 0 Å². The Kier molecular flexibility index (Phi) is 4.77. The molecule has 1 aromatic rings. The summed E-state index contributed by atoms with van der Waals surface area (Å²) in [4.78, 5) is 22.4. The lowest BCUT2D eigenvalue weighted by atomic mass is 10.0. The number of hydrogen-bond acceptors (Lipinski definition) is 5. The Labute approximate surface area is 125 Å². The maximum absolute atomic E-state index is 11.4. The molecule has 2 unspecified atom stereocenters. The summed E-state index contributed by atoms with van der Waals surface area (Å²) in [6.07, 6.45) is 0. The number of carbonyl (C=O) groups is 1.